The Kier molecular flexibility index (Phi) is 9.54. The summed E-state index contributed by atoms with van der Waals surface area (Å²) in [6.45, 7) is 7.05. The minimum atomic E-state index is -4.06. The molecule has 10 atom stereocenters. The van der Waals surface area contributed by atoms with Crippen molar-refractivity contribution in [1.82, 2.24) is 5.32 Å². The number of carbonyl (C=O) groups is 1. The van der Waals surface area contributed by atoms with Crippen LogP contribution in [-0.4, -0.2) is 83.2 Å². The maximum atomic E-state index is 12.2. The van der Waals surface area contributed by atoms with E-state index in [1.807, 2.05) is 0 Å². The van der Waals surface area contributed by atoms with E-state index in [-0.39, 0.29) is 65.0 Å². The summed E-state index contributed by atoms with van der Waals surface area (Å²) < 4.78 is 30.5. The van der Waals surface area contributed by atoms with Crippen LogP contribution in [0.2, 0.25) is 0 Å². The largest absolute Gasteiger partial charge is 0.393 e. The summed E-state index contributed by atoms with van der Waals surface area (Å²) in [6.07, 6.45) is 8.87. The van der Waals surface area contributed by atoms with Crippen molar-refractivity contribution in [2.75, 3.05) is 12.3 Å². The molecule has 0 spiro atoms. The van der Waals surface area contributed by atoms with Crippen LogP contribution in [0.15, 0.2) is 0 Å². The van der Waals surface area contributed by atoms with Gasteiger partial charge in [0, 0.05) is 42.5 Å². The second-order valence-corrected chi connectivity index (χ2v) is 14.2. The molecule has 0 saturated heterocycles. The molecule has 0 heterocycles. The third-order valence-corrected chi connectivity index (χ3v) is 11.6. The average molecular weight is 523 g/mol. The Bertz CT molecular complexity index is 870. The molecular formula is C26H45NNaO6S. The van der Waals surface area contributed by atoms with Gasteiger partial charge in [-0.1, -0.05) is 20.8 Å². The Labute approximate surface area is 233 Å². The molecule has 0 aromatic rings. The molecule has 1 radical (unpaired) electrons. The van der Waals surface area contributed by atoms with Crippen LogP contribution in [0.1, 0.15) is 85.0 Å². The summed E-state index contributed by atoms with van der Waals surface area (Å²) in [7, 11) is -4.06. The predicted molar refractivity (Wildman–Crippen MR) is 136 cm³/mol. The van der Waals surface area contributed by atoms with Gasteiger partial charge in [-0.05, 0) is 104 Å². The van der Waals surface area contributed by atoms with E-state index in [4.69, 9.17) is 4.55 Å². The molecule has 4 saturated carbocycles. The monoisotopic (exact) mass is 522 g/mol. The van der Waals surface area contributed by atoms with Crippen molar-refractivity contribution in [2.24, 2.45) is 46.3 Å². The molecule has 4 N–H and O–H groups in total. The first-order valence-electron chi connectivity index (χ1n) is 13.4. The summed E-state index contributed by atoms with van der Waals surface area (Å²) >= 11 is 0. The Morgan fingerprint density at radius 1 is 1.03 bits per heavy atom. The van der Waals surface area contributed by atoms with Gasteiger partial charge in [0.25, 0.3) is 10.1 Å². The SMILES string of the molecule is CC(CCC(=O)NCCS(=O)(=O)O)C1CCC2C3C(O)CC4CC(O)CCC4(C)C3CCC12C.[Na]. The zero-order valence-corrected chi connectivity index (χ0v) is 24.9. The topological polar surface area (TPSA) is 124 Å². The zero-order valence-electron chi connectivity index (χ0n) is 22.1. The van der Waals surface area contributed by atoms with Crippen molar-refractivity contribution >= 4 is 45.6 Å². The van der Waals surface area contributed by atoms with Crippen LogP contribution in [0.25, 0.3) is 0 Å². The van der Waals surface area contributed by atoms with Crippen LogP contribution in [0.3, 0.4) is 0 Å². The van der Waals surface area contributed by atoms with Gasteiger partial charge in [-0.25, -0.2) is 0 Å². The molecule has 197 valence electrons. The Hall–Kier alpha value is 0.300. The molecule has 7 nitrogen and oxygen atoms in total. The summed E-state index contributed by atoms with van der Waals surface area (Å²) in [5, 5.41) is 24.2. The average Bonchev–Trinajstić information content (AvgIpc) is 3.09. The fraction of sp³-hybridized carbons (Fsp3) is 0.962. The number of carbonyl (C=O) groups excluding carboxylic acids is 1. The number of fused-ring (bicyclic) bond motifs is 5. The van der Waals surface area contributed by atoms with E-state index in [0.717, 1.165) is 51.4 Å². The van der Waals surface area contributed by atoms with E-state index in [1.165, 1.54) is 6.42 Å². The van der Waals surface area contributed by atoms with Crippen molar-refractivity contribution < 1.29 is 28.0 Å². The Morgan fingerprint density at radius 2 is 1.69 bits per heavy atom. The molecule has 4 fully saturated rings. The maximum absolute atomic E-state index is 12.2. The van der Waals surface area contributed by atoms with Gasteiger partial charge >= 0.3 is 0 Å². The van der Waals surface area contributed by atoms with E-state index in [9.17, 15) is 23.4 Å². The molecule has 0 aliphatic heterocycles. The second kappa shape index (κ2) is 11.2. The van der Waals surface area contributed by atoms with Gasteiger partial charge in [-0.15, -0.1) is 0 Å². The number of aliphatic hydroxyl groups excluding tert-OH is 2. The fourth-order valence-corrected chi connectivity index (χ4v) is 9.50. The minimum Gasteiger partial charge on any atom is -0.393 e. The van der Waals surface area contributed by atoms with Crippen LogP contribution in [-0.2, 0) is 14.9 Å². The van der Waals surface area contributed by atoms with Crippen molar-refractivity contribution in [2.45, 2.75) is 97.2 Å². The summed E-state index contributed by atoms with van der Waals surface area (Å²) in [5.74, 6) is 2.10. The summed E-state index contributed by atoms with van der Waals surface area (Å²) in [6, 6.07) is 0. The van der Waals surface area contributed by atoms with Gasteiger partial charge in [0.2, 0.25) is 5.91 Å². The third-order valence-electron chi connectivity index (χ3n) is 10.9. The third kappa shape index (κ3) is 5.99. The van der Waals surface area contributed by atoms with Crippen molar-refractivity contribution in [3.05, 3.63) is 0 Å². The number of rotatable bonds is 7. The van der Waals surface area contributed by atoms with Crippen LogP contribution in [0.4, 0.5) is 0 Å². The zero-order chi connectivity index (χ0) is 24.9. The number of hydrogen-bond donors (Lipinski definition) is 4. The fourth-order valence-electron chi connectivity index (χ4n) is 9.14. The van der Waals surface area contributed by atoms with E-state index >= 15 is 0 Å². The standard InChI is InChI=1S/C26H45NO6S.Na/c1-16(4-7-23(30)27-12-13-34(31,32)33)19-5-6-20-24-21(9-11-26(19,20)3)25(2)10-8-18(28)14-17(25)15-22(24)29;/h16-22,24,28-29H,4-15H2,1-3H3,(H,27,30)(H,31,32,33);. The minimum absolute atomic E-state index is 0. The van der Waals surface area contributed by atoms with Gasteiger partial charge in [-0.3, -0.25) is 9.35 Å². The first-order chi connectivity index (χ1) is 15.8. The normalized spacial score (nSPS) is 43.8. The molecule has 0 aromatic heterocycles. The smallest absolute Gasteiger partial charge is 0.266 e. The molecule has 4 aliphatic rings. The van der Waals surface area contributed by atoms with Crippen LogP contribution in [0, 0.1) is 46.3 Å². The van der Waals surface area contributed by atoms with Crippen molar-refractivity contribution in [3.63, 3.8) is 0 Å². The quantitative estimate of drug-likeness (QED) is 0.301. The molecule has 9 heteroatoms. The molecule has 0 aromatic carbocycles. The molecule has 35 heavy (non-hydrogen) atoms. The van der Waals surface area contributed by atoms with E-state index < -0.39 is 15.9 Å². The van der Waals surface area contributed by atoms with Crippen LogP contribution >= 0.6 is 0 Å². The second-order valence-electron chi connectivity index (χ2n) is 12.6. The van der Waals surface area contributed by atoms with E-state index in [0.29, 0.717) is 41.9 Å². The molecule has 10 unspecified atom stereocenters. The van der Waals surface area contributed by atoms with Crippen LogP contribution < -0.4 is 5.32 Å². The first-order valence-corrected chi connectivity index (χ1v) is 15.0. The Morgan fingerprint density at radius 3 is 2.37 bits per heavy atom. The molecule has 4 rings (SSSR count). The Balaban J connectivity index is 0.00000342. The molecule has 4 aliphatic carbocycles. The van der Waals surface area contributed by atoms with E-state index in [1.54, 1.807) is 0 Å². The molecular weight excluding hydrogens is 477 g/mol. The number of nitrogens with one attached hydrogen (secondary N) is 1. The van der Waals surface area contributed by atoms with Gasteiger partial charge in [-0.2, -0.15) is 8.42 Å². The van der Waals surface area contributed by atoms with E-state index in [2.05, 4.69) is 26.1 Å². The van der Waals surface area contributed by atoms with Crippen molar-refractivity contribution in [1.29, 1.82) is 0 Å². The van der Waals surface area contributed by atoms with Gasteiger partial charge in [0.15, 0.2) is 0 Å². The molecule has 1 amide bonds. The van der Waals surface area contributed by atoms with Crippen LogP contribution in [0.5, 0.6) is 0 Å². The number of hydrogen-bond acceptors (Lipinski definition) is 5. The first kappa shape index (κ1) is 29.9. The van der Waals surface area contributed by atoms with Crippen molar-refractivity contribution in [3.8, 4) is 0 Å². The number of aliphatic hydroxyl groups is 2. The van der Waals surface area contributed by atoms with Gasteiger partial charge in [0.05, 0.1) is 18.0 Å². The molecule has 0 bridgehead atoms. The van der Waals surface area contributed by atoms with Gasteiger partial charge in [0.1, 0.15) is 0 Å². The predicted octanol–water partition coefficient (Wildman–Crippen LogP) is 3.02. The number of amides is 1. The maximum Gasteiger partial charge on any atom is 0.266 e. The summed E-state index contributed by atoms with van der Waals surface area (Å²) in [5.41, 5.74) is 0.411. The van der Waals surface area contributed by atoms with Gasteiger partial charge < -0.3 is 15.5 Å². The summed E-state index contributed by atoms with van der Waals surface area (Å²) in [4.78, 5) is 12.2.